The van der Waals surface area contributed by atoms with Gasteiger partial charge in [0.2, 0.25) is 0 Å². The number of ether oxygens (including phenoxy) is 1. The number of rotatable bonds is 4. The molecule has 1 aliphatic rings. The van der Waals surface area contributed by atoms with Crippen LogP contribution in [-0.2, 0) is 11.3 Å². The zero-order valence-electron chi connectivity index (χ0n) is 12.4. The first kappa shape index (κ1) is 16.0. The van der Waals surface area contributed by atoms with E-state index >= 15 is 0 Å². The van der Waals surface area contributed by atoms with Gasteiger partial charge in [-0.3, -0.25) is 4.90 Å². The first-order chi connectivity index (χ1) is 10.2. The number of halogens is 1. The average Bonchev–Trinajstić information content (AvgIpc) is 2.51. The van der Waals surface area contributed by atoms with Crippen molar-refractivity contribution in [3.05, 3.63) is 35.1 Å². The number of hydrogen-bond acceptors (Lipinski definition) is 3. The fourth-order valence-electron chi connectivity index (χ4n) is 2.56. The predicted octanol–water partition coefficient (Wildman–Crippen LogP) is 2.17. The van der Waals surface area contributed by atoms with Gasteiger partial charge in [-0.15, -0.1) is 0 Å². The highest BCUT2D eigenvalue weighted by Crippen LogP contribution is 2.18. The highest BCUT2D eigenvalue weighted by molar-refractivity contribution is 5.41. The van der Waals surface area contributed by atoms with Crippen LogP contribution in [-0.4, -0.2) is 42.9 Å². The molecule has 1 saturated heterocycles. The number of benzene rings is 1. The lowest BCUT2D eigenvalue weighted by molar-refractivity contribution is 0.0388. The Labute approximate surface area is 125 Å². The minimum Gasteiger partial charge on any atom is -0.395 e. The summed E-state index contributed by atoms with van der Waals surface area (Å²) < 4.78 is 18.8. The first-order valence-corrected chi connectivity index (χ1v) is 7.36. The van der Waals surface area contributed by atoms with Crippen molar-refractivity contribution in [2.24, 2.45) is 0 Å². The van der Waals surface area contributed by atoms with Crippen LogP contribution in [0.3, 0.4) is 0 Å². The molecule has 0 aromatic heterocycles. The predicted molar refractivity (Wildman–Crippen MR) is 80.3 cm³/mol. The minimum atomic E-state index is -0.273. The van der Waals surface area contributed by atoms with Gasteiger partial charge in [0.1, 0.15) is 5.82 Å². The third kappa shape index (κ3) is 4.82. The van der Waals surface area contributed by atoms with Gasteiger partial charge in [-0.25, -0.2) is 4.39 Å². The number of aliphatic hydroxyl groups excluding tert-OH is 1. The second-order valence-electron chi connectivity index (χ2n) is 5.29. The summed E-state index contributed by atoms with van der Waals surface area (Å²) in [5.41, 5.74) is 1.76. The van der Waals surface area contributed by atoms with Gasteiger partial charge >= 0.3 is 0 Å². The second kappa shape index (κ2) is 8.14. The van der Waals surface area contributed by atoms with E-state index in [0.717, 1.165) is 43.6 Å². The van der Waals surface area contributed by atoms with Crippen LogP contribution in [0.15, 0.2) is 18.2 Å². The first-order valence-electron chi connectivity index (χ1n) is 7.36. The number of nitrogens with zero attached hydrogens (tertiary/aromatic N) is 1. The quantitative estimate of drug-likeness (QED) is 0.863. The van der Waals surface area contributed by atoms with Gasteiger partial charge < -0.3 is 9.84 Å². The summed E-state index contributed by atoms with van der Waals surface area (Å²) in [5, 5.41) is 8.78. The molecule has 0 atom stereocenters. The van der Waals surface area contributed by atoms with E-state index in [4.69, 9.17) is 9.84 Å². The lowest BCUT2D eigenvalue weighted by atomic mass is 10.0. The fourth-order valence-corrected chi connectivity index (χ4v) is 2.56. The van der Waals surface area contributed by atoms with Gasteiger partial charge in [0.25, 0.3) is 0 Å². The summed E-state index contributed by atoms with van der Waals surface area (Å²) in [7, 11) is 1.76. The number of hydrogen-bond donors (Lipinski definition) is 1. The van der Waals surface area contributed by atoms with Crippen molar-refractivity contribution in [3.8, 4) is 11.8 Å². The molecule has 3 nitrogen and oxygen atoms in total. The van der Waals surface area contributed by atoms with Crippen LogP contribution in [0.1, 0.15) is 30.4 Å². The zero-order chi connectivity index (χ0) is 15.1. The van der Waals surface area contributed by atoms with Crippen LogP contribution >= 0.6 is 0 Å². The van der Waals surface area contributed by atoms with Crippen molar-refractivity contribution in [1.82, 2.24) is 4.90 Å². The molecular formula is C17H22FNO2. The van der Waals surface area contributed by atoms with E-state index in [1.807, 2.05) is 0 Å². The standard InChI is InChI=1S/C17H22FNO2/c1-21-17-7-9-19(10-8-17)13-15-5-6-16(18)12-14(15)4-2-3-11-20/h5-6,12,17,20H,3,7-11,13H2,1H3. The van der Waals surface area contributed by atoms with Crippen molar-refractivity contribution < 1.29 is 14.2 Å². The zero-order valence-corrected chi connectivity index (χ0v) is 12.4. The van der Waals surface area contributed by atoms with Crippen molar-refractivity contribution >= 4 is 0 Å². The van der Waals surface area contributed by atoms with Crippen molar-refractivity contribution in [2.75, 3.05) is 26.8 Å². The molecule has 0 aliphatic carbocycles. The Bertz CT molecular complexity index is 513. The van der Waals surface area contributed by atoms with Gasteiger partial charge in [-0.1, -0.05) is 17.9 Å². The van der Waals surface area contributed by atoms with Gasteiger partial charge in [0, 0.05) is 38.7 Å². The molecule has 0 bridgehead atoms. The Balaban J connectivity index is 2.04. The molecule has 0 unspecified atom stereocenters. The monoisotopic (exact) mass is 291 g/mol. The van der Waals surface area contributed by atoms with Crippen molar-refractivity contribution in [3.63, 3.8) is 0 Å². The highest BCUT2D eigenvalue weighted by Gasteiger charge is 2.19. The maximum Gasteiger partial charge on any atom is 0.124 e. The summed E-state index contributed by atoms with van der Waals surface area (Å²) >= 11 is 0. The van der Waals surface area contributed by atoms with E-state index in [0.29, 0.717) is 12.5 Å². The molecule has 1 aliphatic heterocycles. The van der Waals surface area contributed by atoms with E-state index in [1.165, 1.54) is 12.1 Å². The molecule has 2 rings (SSSR count). The lowest BCUT2D eigenvalue weighted by Gasteiger charge is -2.31. The fraction of sp³-hybridized carbons (Fsp3) is 0.529. The number of piperidine rings is 1. The molecule has 1 N–H and O–H groups in total. The van der Waals surface area contributed by atoms with E-state index < -0.39 is 0 Å². The molecule has 114 valence electrons. The van der Waals surface area contributed by atoms with Crippen molar-refractivity contribution in [1.29, 1.82) is 0 Å². The molecule has 21 heavy (non-hydrogen) atoms. The summed E-state index contributed by atoms with van der Waals surface area (Å²) in [6, 6.07) is 4.76. The van der Waals surface area contributed by atoms with Gasteiger partial charge in [-0.05, 0) is 30.5 Å². The maximum absolute atomic E-state index is 13.4. The van der Waals surface area contributed by atoms with Gasteiger partial charge in [0.05, 0.1) is 12.7 Å². The van der Waals surface area contributed by atoms with Crippen LogP contribution < -0.4 is 0 Å². The maximum atomic E-state index is 13.4. The molecule has 1 heterocycles. The smallest absolute Gasteiger partial charge is 0.124 e. The van der Waals surface area contributed by atoms with Crippen LogP contribution in [0.4, 0.5) is 4.39 Å². The molecule has 0 spiro atoms. The number of likely N-dealkylation sites (tertiary alicyclic amines) is 1. The van der Waals surface area contributed by atoms with Gasteiger partial charge in [0.15, 0.2) is 0 Å². The number of methoxy groups -OCH3 is 1. The molecule has 1 aromatic rings. The van der Waals surface area contributed by atoms with E-state index in [9.17, 15) is 4.39 Å². The minimum absolute atomic E-state index is 0.0299. The Morgan fingerprint density at radius 3 is 2.81 bits per heavy atom. The van der Waals surface area contributed by atoms with Crippen LogP contribution in [0.2, 0.25) is 0 Å². The lowest BCUT2D eigenvalue weighted by Crippen LogP contribution is -2.36. The second-order valence-corrected chi connectivity index (χ2v) is 5.29. The SMILES string of the molecule is COC1CCN(Cc2ccc(F)cc2C#CCCO)CC1. The Morgan fingerprint density at radius 2 is 2.14 bits per heavy atom. The summed E-state index contributed by atoms with van der Waals surface area (Å²) in [6.45, 7) is 2.78. The molecule has 0 saturated carbocycles. The van der Waals surface area contributed by atoms with Crippen LogP contribution in [0.5, 0.6) is 0 Å². The molecule has 1 fully saturated rings. The summed E-state index contributed by atoms with van der Waals surface area (Å²) in [4.78, 5) is 2.35. The van der Waals surface area contributed by atoms with E-state index in [1.54, 1.807) is 13.2 Å². The van der Waals surface area contributed by atoms with Crippen molar-refractivity contribution in [2.45, 2.75) is 31.9 Å². The Kier molecular flexibility index (Phi) is 6.19. The Hall–Kier alpha value is -1.41. The van der Waals surface area contributed by atoms with Crippen LogP contribution in [0.25, 0.3) is 0 Å². The molecule has 1 aromatic carbocycles. The largest absolute Gasteiger partial charge is 0.395 e. The van der Waals surface area contributed by atoms with Gasteiger partial charge in [-0.2, -0.15) is 0 Å². The number of aliphatic hydroxyl groups is 1. The van der Waals surface area contributed by atoms with Crippen LogP contribution in [0, 0.1) is 17.7 Å². The topological polar surface area (TPSA) is 32.7 Å². The molecule has 0 radical (unpaired) electrons. The van der Waals surface area contributed by atoms with E-state index in [2.05, 4.69) is 16.7 Å². The summed E-state index contributed by atoms with van der Waals surface area (Å²) in [6.07, 6.45) is 2.83. The highest BCUT2D eigenvalue weighted by atomic mass is 19.1. The Morgan fingerprint density at radius 1 is 1.38 bits per heavy atom. The average molecular weight is 291 g/mol. The normalized spacial score (nSPS) is 16.5. The molecular weight excluding hydrogens is 269 g/mol. The molecule has 0 amide bonds. The summed E-state index contributed by atoms with van der Waals surface area (Å²) in [5.74, 6) is 5.56. The van der Waals surface area contributed by atoms with E-state index in [-0.39, 0.29) is 12.4 Å². The molecule has 4 heteroatoms. The third-order valence-electron chi connectivity index (χ3n) is 3.79. The third-order valence-corrected chi connectivity index (χ3v) is 3.79.